The number of hydrogen-bond acceptors (Lipinski definition) is 3. The van der Waals surface area contributed by atoms with Gasteiger partial charge >= 0.3 is 0 Å². The van der Waals surface area contributed by atoms with E-state index in [9.17, 15) is 4.79 Å². The van der Waals surface area contributed by atoms with E-state index in [1.165, 1.54) is 0 Å². The number of ether oxygens (including phenoxy) is 1. The van der Waals surface area contributed by atoms with E-state index in [2.05, 4.69) is 26.1 Å². The molecule has 1 fully saturated rings. The molecule has 3 N–H and O–H groups in total. The summed E-state index contributed by atoms with van der Waals surface area (Å²) in [5, 5.41) is 3.53. The third-order valence-electron chi connectivity index (χ3n) is 4.12. The molecule has 122 valence electrons. The second kappa shape index (κ2) is 6.99. The molecule has 0 aliphatic carbocycles. The molecule has 5 heteroatoms. The number of nitrogens with two attached hydrogens (primary N) is 1. The van der Waals surface area contributed by atoms with Crippen LogP contribution in [-0.2, 0) is 14.9 Å². The van der Waals surface area contributed by atoms with E-state index in [4.69, 9.17) is 22.1 Å². The lowest BCUT2D eigenvalue weighted by atomic mass is 9.87. The number of halogens is 1. The van der Waals surface area contributed by atoms with Crippen LogP contribution in [0.3, 0.4) is 0 Å². The molecule has 22 heavy (non-hydrogen) atoms. The van der Waals surface area contributed by atoms with Gasteiger partial charge < -0.3 is 15.8 Å². The first-order valence-corrected chi connectivity index (χ1v) is 8.11. The van der Waals surface area contributed by atoms with Gasteiger partial charge in [0.2, 0.25) is 5.91 Å². The standard InChI is InChI=1S/C17H25ClN2O2/c1-17(2,3)13-5-4-12(10-14(13)18)20-16(21)15(19)11-6-8-22-9-7-11/h4-5,10-11,15H,6-9,19H2,1-3H3,(H,20,21)/t15-/m1/s1. The molecule has 1 atom stereocenters. The number of anilines is 1. The summed E-state index contributed by atoms with van der Waals surface area (Å²) in [7, 11) is 0. The van der Waals surface area contributed by atoms with Crippen LogP contribution in [0, 0.1) is 5.92 Å². The lowest BCUT2D eigenvalue weighted by molar-refractivity contribution is -0.119. The van der Waals surface area contributed by atoms with E-state index in [0.717, 1.165) is 18.4 Å². The normalized spacial score (nSPS) is 18.0. The molecule has 0 aromatic heterocycles. The van der Waals surface area contributed by atoms with E-state index < -0.39 is 6.04 Å². The Kier molecular flexibility index (Phi) is 5.48. The largest absolute Gasteiger partial charge is 0.381 e. The van der Waals surface area contributed by atoms with Crippen molar-refractivity contribution in [3.63, 3.8) is 0 Å². The van der Waals surface area contributed by atoms with Crippen molar-refractivity contribution in [2.75, 3.05) is 18.5 Å². The summed E-state index contributed by atoms with van der Waals surface area (Å²) in [6, 6.07) is 5.11. The van der Waals surface area contributed by atoms with Gasteiger partial charge in [-0.1, -0.05) is 38.4 Å². The molecule has 1 saturated heterocycles. The van der Waals surface area contributed by atoms with Crippen molar-refractivity contribution in [2.45, 2.75) is 45.1 Å². The second-order valence-electron chi connectivity index (χ2n) is 6.91. The van der Waals surface area contributed by atoms with Gasteiger partial charge in [0.05, 0.1) is 6.04 Å². The van der Waals surface area contributed by atoms with Gasteiger partial charge in [-0.15, -0.1) is 0 Å². The van der Waals surface area contributed by atoms with Gasteiger partial charge in [0.25, 0.3) is 0 Å². The summed E-state index contributed by atoms with van der Waals surface area (Å²) < 4.78 is 5.30. The molecule has 1 aromatic rings. The van der Waals surface area contributed by atoms with E-state index in [0.29, 0.717) is 23.9 Å². The van der Waals surface area contributed by atoms with E-state index in [1.807, 2.05) is 12.1 Å². The second-order valence-corrected chi connectivity index (χ2v) is 7.32. The highest BCUT2D eigenvalue weighted by Crippen LogP contribution is 2.31. The Morgan fingerprint density at radius 3 is 2.55 bits per heavy atom. The maximum Gasteiger partial charge on any atom is 0.241 e. The zero-order chi connectivity index (χ0) is 16.3. The Labute approximate surface area is 137 Å². The Morgan fingerprint density at radius 1 is 1.36 bits per heavy atom. The molecule has 0 saturated carbocycles. The van der Waals surface area contributed by atoms with Crippen molar-refractivity contribution in [2.24, 2.45) is 11.7 Å². The molecular formula is C17H25ClN2O2. The number of carbonyl (C=O) groups excluding carboxylic acids is 1. The average Bonchev–Trinajstić information content (AvgIpc) is 2.46. The van der Waals surface area contributed by atoms with Crippen LogP contribution in [0.2, 0.25) is 5.02 Å². The highest BCUT2D eigenvalue weighted by atomic mass is 35.5. The van der Waals surface area contributed by atoms with Crippen molar-refractivity contribution in [1.29, 1.82) is 0 Å². The van der Waals surface area contributed by atoms with Gasteiger partial charge in [-0.2, -0.15) is 0 Å². The van der Waals surface area contributed by atoms with Crippen LogP contribution in [0.15, 0.2) is 18.2 Å². The molecule has 2 rings (SSSR count). The number of rotatable bonds is 3. The Bertz CT molecular complexity index is 534. The molecule has 0 radical (unpaired) electrons. The quantitative estimate of drug-likeness (QED) is 0.896. The molecule has 0 spiro atoms. The van der Waals surface area contributed by atoms with Crippen LogP contribution < -0.4 is 11.1 Å². The highest BCUT2D eigenvalue weighted by Gasteiger charge is 2.27. The van der Waals surface area contributed by atoms with Crippen LogP contribution in [0.5, 0.6) is 0 Å². The minimum atomic E-state index is -0.509. The first-order chi connectivity index (χ1) is 10.3. The third-order valence-corrected chi connectivity index (χ3v) is 4.43. The van der Waals surface area contributed by atoms with Gasteiger partial charge in [-0.05, 0) is 41.9 Å². The topological polar surface area (TPSA) is 64.4 Å². The zero-order valence-corrected chi connectivity index (χ0v) is 14.2. The predicted molar refractivity (Wildman–Crippen MR) is 90.3 cm³/mol. The number of amides is 1. The van der Waals surface area contributed by atoms with Crippen LogP contribution in [0.25, 0.3) is 0 Å². The van der Waals surface area contributed by atoms with Gasteiger partial charge in [-0.25, -0.2) is 0 Å². The fourth-order valence-electron chi connectivity index (χ4n) is 2.72. The predicted octanol–water partition coefficient (Wildman–Crippen LogP) is 3.33. The summed E-state index contributed by atoms with van der Waals surface area (Å²) >= 11 is 6.33. The SMILES string of the molecule is CC(C)(C)c1ccc(NC(=O)[C@H](N)C2CCOCC2)cc1Cl. The van der Waals surface area contributed by atoms with Crippen molar-refractivity contribution in [1.82, 2.24) is 0 Å². The maximum absolute atomic E-state index is 12.3. The van der Waals surface area contributed by atoms with Crippen molar-refractivity contribution in [3.05, 3.63) is 28.8 Å². The summed E-state index contributed by atoms with van der Waals surface area (Å²) in [4.78, 5) is 12.3. The highest BCUT2D eigenvalue weighted by molar-refractivity contribution is 6.31. The fraction of sp³-hybridized carbons (Fsp3) is 0.588. The smallest absolute Gasteiger partial charge is 0.241 e. The van der Waals surface area contributed by atoms with Crippen molar-refractivity contribution < 1.29 is 9.53 Å². The molecule has 0 unspecified atom stereocenters. The van der Waals surface area contributed by atoms with Gasteiger partial charge in [0, 0.05) is 23.9 Å². The number of carbonyl (C=O) groups is 1. The summed E-state index contributed by atoms with van der Waals surface area (Å²) in [5.74, 6) is 0.0181. The monoisotopic (exact) mass is 324 g/mol. The average molecular weight is 325 g/mol. The molecule has 1 heterocycles. The van der Waals surface area contributed by atoms with Crippen LogP contribution in [0.4, 0.5) is 5.69 Å². The Balaban J connectivity index is 2.03. The van der Waals surface area contributed by atoms with Crippen LogP contribution >= 0.6 is 11.6 Å². The number of benzene rings is 1. The molecular weight excluding hydrogens is 300 g/mol. The summed E-state index contributed by atoms with van der Waals surface area (Å²) in [5.41, 5.74) is 7.79. The van der Waals surface area contributed by atoms with E-state index >= 15 is 0 Å². The molecule has 1 aliphatic rings. The van der Waals surface area contributed by atoms with E-state index in [1.54, 1.807) is 6.07 Å². The zero-order valence-electron chi connectivity index (χ0n) is 13.5. The molecule has 1 amide bonds. The first-order valence-electron chi connectivity index (χ1n) is 7.73. The van der Waals surface area contributed by atoms with Crippen LogP contribution in [0.1, 0.15) is 39.2 Å². The van der Waals surface area contributed by atoms with Crippen LogP contribution in [-0.4, -0.2) is 25.2 Å². The van der Waals surface area contributed by atoms with E-state index in [-0.39, 0.29) is 17.2 Å². The fourth-order valence-corrected chi connectivity index (χ4v) is 3.18. The Morgan fingerprint density at radius 2 is 2.00 bits per heavy atom. The molecule has 1 aliphatic heterocycles. The first kappa shape index (κ1) is 17.3. The number of hydrogen-bond donors (Lipinski definition) is 2. The third kappa shape index (κ3) is 4.22. The lowest BCUT2D eigenvalue weighted by Gasteiger charge is -2.27. The minimum Gasteiger partial charge on any atom is -0.381 e. The minimum absolute atomic E-state index is 0.0296. The summed E-state index contributed by atoms with van der Waals surface area (Å²) in [6.07, 6.45) is 1.66. The lowest BCUT2D eigenvalue weighted by Crippen LogP contribution is -2.44. The Hall–Kier alpha value is -1.10. The van der Waals surface area contributed by atoms with Crippen molar-refractivity contribution in [3.8, 4) is 0 Å². The molecule has 1 aromatic carbocycles. The summed E-state index contributed by atoms with van der Waals surface area (Å²) in [6.45, 7) is 7.67. The van der Waals surface area contributed by atoms with Gasteiger partial charge in [0.15, 0.2) is 0 Å². The maximum atomic E-state index is 12.3. The number of nitrogens with one attached hydrogen (secondary N) is 1. The van der Waals surface area contributed by atoms with Gasteiger partial charge in [-0.3, -0.25) is 4.79 Å². The van der Waals surface area contributed by atoms with Gasteiger partial charge in [0.1, 0.15) is 0 Å². The molecule has 0 bridgehead atoms. The molecule has 4 nitrogen and oxygen atoms in total. The van der Waals surface area contributed by atoms with Crippen molar-refractivity contribution >= 4 is 23.2 Å².